The number of hydrogen-bond donors (Lipinski definition) is 0. The van der Waals surface area contributed by atoms with Gasteiger partial charge in [0.1, 0.15) is 11.9 Å². The Morgan fingerprint density at radius 2 is 2.20 bits per heavy atom. The normalized spacial score (nSPS) is 23.8. The van der Waals surface area contributed by atoms with Gasteiger partial charge >= 0.3 is 0 Å². The molecule has 1 aromatic heterocycles. The second-order valence-corrected chi connectivity index (χ2v) is 6.59. The predicted molar refractivity (Wildman–Crippen MR) is 87.2 cm³/mol. The molecule has 132 valence electrons. The molecular formula is C18H20FN3O3. The number of amides is 1. The highest BCUT2D eigenvalue weighted by Gasteiger charge is 2.33. The molecule has 0 saturated carbocycles. The van der Waals surface area contributed by atoms with Gasteiger partial charge in [-0.2, -0.15) is 4.98 Å². The van der Waals surface area contributed by atoms with Crippen LogP contribution in [0.15, 0.2) is 28.8 Å². The van der Waals surface area contributed by atoms with Gasteiger partial charge in [-0.05, 0) is 37.8 Å². The second-order valence-electron chi connectivity index (χ2n) is 6.59. The predicted octanol–water partition coefficient (Wildman–Crippen LogP) is 2.76. The first-order valence-corrected chi connectivity index (χ1v) is 8.70. The fourth-order valence-corrected chi connectivity index (χ4v) is 3.50. The van der Waals surface area contributed by atoms with Gasteiger partial charge in [-0.1, -0.05) is 17.3 Å². The fourth-order valence-electron chi connectivity index (χ4n) is 3.50. The van der Waals surface area contributed by atoms with Crippen LogP contribution in [0.3, 0.4) is 0 Å². The summed E-state index contributed by atoms with van der Waals surface area (Å²) < 4.78 is 24.3. The summed E-state index contributed by atoms with van der Waals surface area (Å²) in [4.78, 5) is 18.8. The molecule has 7 heteroatoms. The highest BCUT2D eigenvalue weighted by atomic mass is 19.1. The molecule has 3 heterocycles. The van der Waals surface area contributed by atoms with Crippen molar-refractivity contribution in [3.63, 3.8) is 0 Å². The zero-order valence-electron chi connectivity index (χ0n) is 13.9. The number of halogens is 1. The van der Waals surface area contributed by atoms with Crippen LogP contribution in [0.1, 0.15) is 37.5 Å². The maximum atomic E-state index is 13.4. The van der Waals surface area contributed by atoms with Gasteiger partial charge in [0.2, 0.25) is 11.7 Å². The van der Waals surface area contributed by atoms with Crippen LogP contribution in [0.4, 0.5) is 4.39 Å². The summed E-state index contributed by atoms with van der Waals surface area (Å²) in [6.07, 6.45) is 3.21. The van der Waals surface area contributed by atoms with E-state index in [1.165, 1.54) is 12.1 Å². The smallest absolute Gasteiger partial charge is 0.251 e. The molecule has 2 aromatic rings. The summed E-state index contributed by atoms with van der Waals surface area (Å²) >= 11 is 0. The van der Waals surface area contributed by atoms with Crippen molar-refractivity contribution < 1.29 is 18.4 Å². The minimum Gasteiger partial charge on any atom is -0.368 e. The average Bonchev–Trinajstić information content (AvgIpc) is 3.33. The minimum atomic E-state index is -0.338. The SMILES string of the molecule is O=C([C@H]1CCCO1)N1CCC[C@@H](c2nc(-c3cccc(F)c3)no2)C1. The number of benzene rings is 1. The molecule has 6 nitrogen and oxygen atoms in total. The van der Waals surface area contributed by atoms with Gasteiger partial charge in [0.25, 0.3) is 5.91 Å². The molecule has 2 aliphatic rings. The van der Waals surface area contributed by atoms with Crippen LogP contribution in [-0.4, -0.2) is 46.7 Å². The van der Waals surface area contributed by atoms with Crippen LogP contribution in [0, 0.1) is 5.82 Å². The van der Waals surface area contributed by atoms with Crippen LogP contribution in [0.25, 0.3) is 11.4 Å². The number of piperidine rings is 1. The van der Waals surface area contributed by atoms with Crippen molar-refractivity contribution >= 4 is 5.91 Å². The monoisotopic (exact) mass is 345 g/mol. The first kappa shape index (κ1) is 16.2. The number of carbonyl (C=O) groups is 1. The standard InChI is InChI=1S/C18H20FN3O3/c19-14-6-1-4-12(10-14)16-20-17(25-21-16)13-5-2-8-22(11-13)18(23)15-7-3-9-24-15/h1,4,6,10,13,15H,2-3,5,7-9,11H2/t13-,15-/m1/s1. The Labute approximate surface area is 145 Å². The Bertz CT molecular complexity index is 758. The third-order valence-corrected chi connectivity index (χ3v) is 4.81. The quantitative estimate of drug-likeness (QED) is 0.856. The van der Waals surface area contributed by atoms with Crippen LogP contribution in [-0.2, 0) is 9.53 Å². The van der Waals surface area contributed by atoms with Crippen LogP contribution in [0.5, 0.6) is 0 Å². The van der Waals surface area contributed by atoms with Gasteiger partial charge < -0.3 is 14.2 Å². The van der Waals surface area contributed by atoms with E-state index in [4.69, 9.17) is 9.26 Å². The topological polar surface area (TPSA) is 68.5 Å². The lowest BCUT2D eigenvalue weighted by Gasteiger charge is -2.32. The summed E-state index contributed by atoms with van der Waals surface area (Å²) in [7, 11) is 0. The number of ether oxygens (including phenoxy) is 1. The molecule has 1 aromatic carbocycles. The lowest BCUT2D eigenvalue weighted by Crippen LogP contribution is -2.44. The molecule has 1 amide bonds. The van der Waals surface area contributed by atoms with E-state index >= 15 is 0 Å². The van der Waals surface area contributed by atoms with Gasteiger partial charge in [-0.15, -0.1) is 0 Å². The molecule has 0 N–H and O–H groups in total. The molecule has 0 bridgehead atoms. The van der Waals surface area contributed by atoms with Crippen molar-refractivity contribution in [2.24, 2.45) is 0 Å². The van der Waals surface area contributed by atoms with Crippen molar-refractivity contribution in [2.75, 3.05) is 19.7 Å². The van der Waals surface area contributed by atoms with E-state index in [0.29, 0.717) is 30.4 Å². The highest BCUT2D eigenvalue weighted by Crippen LogP contribution is 2.29. The summed E-state index contributed by atoms with van der Waals surface area (Å²) in [6.45, 7) is 1.96. The molecule has 0 unspecified atom stereocenters. The molecule has 4 rings (SSSR count). The maximum Gasteiger partial charge on any atom is 0.251 e. The van der Waals surface area contributed by atoms with Crippen molar-refractivity contribution in [3.8, 4) is 11.4 Å². The van der Waals surface area contributed by atoms with E-state index in [1.54, 1.807) is 12.1 Å². The highest BCUT2D eigenvalue weighted by molar-refractivity contribution is 5.81. The molecular weight excluding hydrogens is 325 g/mol. The molecule has 2 atom stereocenters. The molecule has 2 aliphatic heterocycles. The first-order chi connectivity index (χ1) is 12.2. The van der Waals surface area contributed by atoms with Gasteiger partial charge in [0.15, 0.2) is 0 Å². The van der Waals surface area contributed by atoms with E-state index in [-0.39, 0.29) is 23.7 Å². The molecule has 0 aliphatic carbocycles. The van der Waals surface area contributed by atoms with Crippen molar-refractivity contribution in [1.29, 1.82) is 0 Å². The van der Waals surface area contributed by atoms with Crippen LogP contribution < -0.4 is 0 Å². The molecule has 0 spiro atoms. The fraction of sp³-hybridized carbons (Fsp3) is 0.500. The molecule has 0 radical (unpaired) electrons. The minimum absolute atomic E-state index is 0.00825. The number of hydrogen-bond acceptors (Lipinski definition) is 5. The zero-order valence-corrected chi connectivity index (χ0v) is 13.9. The number of aromatic nitrogens is 2. The number of rotatable bonds is 3. The van der Waals surface area contributed by atoms with E-state index in [2.05, 4.69) is 10.1 Å². The van der Waals surface area contributed by atoms with Crippen LogP contribution in [0.2, 0.25) is 0 Å². The Morgan fingerprint density at radius 1 is 1.28 bits per heavy atom. The summed E-state index contributed by atoms with van der Waals surface area (Å²) in [6, 6.07) is 6.11. The lowest BCUT2D eigenvalue weighted by molar-refractivity contribution is -0.142. The molecule has 25 heavy (non-hydrogen) atoms. The Morgan fingerprint density at radius 3 is 3.00 bits per heavy atom. The third kappa shape index (κ3) is 3.42. The zero-order chi connectivity index (χ0) is 17.2. The number of nitrogens with zero attached hydrogens (tertiary/aromatic N) is 3. The lowest BCUT2D eigenvalue weighted by atomic mass is 9.97. The third-order valence-electron chi connectivity index (χ3n) is 4.81. The summed E-state index contributed by atoms with van der Waals surface area (Å²) in [5.41, 5.74) is 0.582. The van der Waals surface area contributed by atoms with E-state index in [9.17, 15) is 9.18 Å². The number of carbonyl (C=O) groups excluding carboxylic acids is 1. The molecule has 2 saturated heterocycles. The average molecular weight is 345 g/mol. The van der Waals surface area contributed by atoms with Gasteiger partial charge in [-0.25, -0.2) is 4.39 Å². The number of likely N-dealkylation sites (tertiary alicyclic amines) is 1. The van der Waals surface area contributed by atoms with Gasteiger partial charge in [0.05, 0.1) is 5.92 Å². The molecule has 2 fully saturated rings. The second kappa shape index (κ2) is 6.92. The maximum absolute atomic E-state index is 13.4. The van der Waals surface area contributed by atoms with Crippen molar-refractivity contribution in [2.45, 2.75) is 37.7 Å². The Hall–Kier alpha value is -2.28. The van der Waals surface area contributed by atoms with Gasteiger partial charge in [0, 0.05) is 25.3 Å². The van der Waals surface area contributed by atoms with E-state index in [1.807, 2.05) is 4.90 Å². The largest absolute Gasteiger partial charge is 0.368 e. The van der Waals surface area contributed by atoms with Crippen molar-refractivity contribution in [1.82, 2.24) is 15.0 Å². The summed E-state index contributed by atoms with van der Waals surface area (Å²) in [5.74, 6) is 0.608. The Balaban J connectivity index is 1.47. The van der Waals surface area contributed by atoms with Gasteiger partial charge in [-0.3, -0.25) is 4.79 Å². The van der Waals surface area contributed by atoms with E-state index in [0.717, 1.165) is 32.2 Å². The van der Waals surface area contributed by atoms with Crippen molar-refractivity contribution in [3.05, 3.63) is 36.0 Å². The van der Waals surface area contributed by atoms with Crippen LogP contribution >= 0.6 is 0 Å². The first-order valence-electron chi connectivity index (χ1n) is 8.70. The summed E-state index contributed by atoms with van der Waals surface area (Å²) in [5, 5.41) is 3.97. The Kier molecular flexibility index (Phi) is 4.48. The van der Waals surface area contributed by atoms with E-state index < -0.39 is 0 Å².